The molecule has 5 heteroatoms. The molecule has 1 aromatic carbocycles. The average Bonchev–Trinajstić information content (AvgIpc) is 2.30. The zero-order valence-corrected chi connectivity index (χ0v) is 11.5. The molecular formula is C12H16BrFN2O. The molecule has 0 heterocycles. The van der Waals surface area contributed by atoms with Gasteiger partial charge in [-0.3, -0.25) is 4.79 Å². The Morgan fingerprint density at radius 3 is 2.82 bits per heavy atom. The van der Waals surface area contributed by atoms with Gasteiger partial charge in [-0.05, 0) is 40.7 Å². The number of benzene rings is 1. The molecule has 1 unspecified atom stereocenters. The third kappa shape index (κ3) is 4.44. The number of anilines is 1. The molecule has 1 rings (SSSR count). The molecule has 0 spiro atoms. The summed E-state index contributed by atoms with van der Waals surface area (Å²) < 4.78 is 13.6. The van der Waals surface area contributed by atoms with E-state index in [4.69, 9.17) is 0 Å². The monoisotopic (exact) mass is 302 g/mol. The average molecular weight is 303 g/mol. The van der Waals surface area contributed by atoms with Gasteiger partial charge in [-0.1, -0.05) is 13.8 Å². The van der Waals surface area contributed by atoms with Crippen molar-refractivity contribution in [2.24, 2.45) is 5.92 Å². The summed E-state index contributed by atoms with van der Waals surface area (Å²) in [5, 5.41) is 5.77. The first-order chi connectivity index (χ1) is 8.04. The highest BCUT2D eigenvalue weighted by Crippen LogP contribution is 2.19. The molecule has 0 saturated carbocycles. The molecule has 17 heavy (non-hydrogen) atoms. The van der Waals surface area contributed by atoms with Crippen molar-refractivity contribution in [2.45, 2.75) is 13.8 Å². The molecule has 94 valence electrons. The van der Waals surface area contributed by atoms with Gasteiger partial charge in [0.25, 0.3) is 0 Å². The zero-order valence-electron chi connectivity index (χ0n) is 9.89. The lowest BCUT2D eigenvalue weighted by Crippen LogP contribution is -2.30. The van der Waals surface area contributed by atoms with Gasteiger partial charge in [0.1, 0.15) is 5.82 Å². The molecule has 0 saturated heterocycles. The van der Waals surface area contributed by atoms with E-state index in [1.165, 1.54) is 6.07 Å². The van der Waals surface area contributed by atoms with E-state index in [0.29, 0.717) is 16.7 Å². The molecule has 1 atom stereocenters. The highest BCUT2D eigenvalue weighted by Gasteiger charge is 2.12. The summed E-state index contributed by atoms with van der Waals surface area (Å²) in [6, 6.07) is 4.52. The Morgan fingerprint density at radius 2 is 2.24 bits per heavy atom. The predicted molar refractivity (Wildman–Crippen MR) is 70.4 cm³/mol. The number of halogens is 2. The molecular weight excluding hydrogens is 287 g/mol. The van der Waals surface area contributed by atoms with Gasteiger partial charge in [0.15, 0.2) is 0 Å². The number of nitrogens with one attached hydrogen (secondary N) is 2. The Bertz CT molecular complexity index is 398. The molecule has 0 aliphatic rings. The number of amides is 1. The van der Waals surface area contributed by atoms with E-state index >= 15 is 0 Å². The van der Waals surface area contributed by atoms with Crippen LogP contribution in [0.25, 0.3) is 0 Å². The fourth-order valence-corrected chi connectivity index (χ4v) is 1.54. The van der Waals surface area contributed by atoms with E-state index in [2.05, 4.69) is 26.6 Å². The van der Waals surface area contributed by atoms with Crippen molar-refractivity contribution >= 4 is 27.5 Å². The summed E-state index contributed by atoms with van der Waals surface area (Å²) in [5.41, 5.74) is 0.471. The minimum atomic E-state index is -0.387. The summed E-state index contributed by atoms with van der Waals surface area (Å²) in [4.78, 5) is 11.7. The Kier molecular flexibility index (Phi) is 5.58. The minimum Gasteiger partial charge on any atom is -0.326 e. The molecule has 0 radical (unpaired) electrons. The fraction of sp³-hybridized carbons (Fsp3) is 0.417. The SMILES string of the molecule is CCNCC(C)C(=O)Nc1ccc(Br)c(F)c1. The molecule has 0 aromatic heterocycles. The first kappa shape index (κ1) is 14.1. The van der Waals surface area contributed by atoms with Crippen LogP contribution in [0, 0.1) is 11.7 Å². The van der Waals surface area contributed by atoms with Crippen molar-refractivity contribution in [3.05, 3.63) is 28.5 Å². The third-order valence-electron chi connectivity index (χ3n) is 2.34. The van der Waals surface area contributed by atoms with Crippen LogP contribution in [0.15, 0.2) is 22.7 Å². The van der Waals surface area contributed by atoms with Crippen LogP contribution in [0.3, 0.4) is 0 Å². The largest absolute Gasteiger partial charge is 0.326 e. The van der Waals surface area contributed by atoms with Crippen LogP contribution in [0.5, 0.6) is 0 Å². The minimum absolute atomic E-state index is 0.118. The lowest BCUT2D eigenvalue weighted by Gasteiger charge is -2.12. The Morgan fingerprint density at radius 1 is 1.53 bits per heavy atom. The van der Waals surface area contributed by atoms with E-state index in [0.717, 1.165) is 6.54 Å². The summed E-state index contributed by atoms with van der Waals surface area (Å²) in [7, 11) is 0. The van der Waals surface area contributed by atoms with Crippen molar-refractivity contribution in [3.8, 4) is 0 Å². The summed E-state index contributed by atoms with van der Waals surface area (Å²) in [6.45, 7) is 5.24. The quantitative estimate of drug-likeness (QED) is 0.878. The standard InChI is InChI=1S/C12H16BrFN2O/c1-3-15-7-8(2)12(17)16-9-4-5-10(13)11(14)6-9/h4-6,8,15H,3,7H2,1-2H3,(H,16,17). The maximum absolute atomic E-state index is 13.2. The number of carbonyl (C=O) groups is 1. The van der Waals surface area contributed by atoms with E-state index in [1.807, 2.05) is 13.8 Å². The zero-order chi connectivity index (χ0) is 12.8. The van der Waals surface area contributed by atoms with Gasteiger partial charge in [-0.25, -0.2) is 4.39 Å². The topological polar surface area (TPSA) is 41.1 Å². The number of carbonyl (C=O) groups excluding carboxylic acids is 1. The van der Waals surface area contributed by atoms with Gasteiger partial charge < -0.3 is 10.6 Å². The van der Waals surface area contributed by atoms with Crippen molar-refractivity contribution < 1.29 is 9.18 Å². The van der Waals surface area contributed by atoms with Gasteiger partial charge in [-0.2, -0.15) is 0 Å². The maximum atomic E-state index is 13.2. The van der Waals surface area contributed by atoms with Gasteiger partial charge in [0, 0.05) is 18.2 Å². The highest BCUT2D eigenvalue weighted by molar-refractivity contribution is 9.10. The third-order valence-corrected chi connectivity index (χ3v) is 2.98. The highest BCUT2D eigenvalue weighted by atomic mass is 79.9. The van der Waals surface area contributed by atoms with E-state index in [1.54, 1.807) is 12.1 Å². The second-order valence-electron chi connectivity index (χ2n) is 3.83. The number of hydrogen-bond donors (Lipinski definition) is 2. The van der Waals surface area contributed by atoms with Crippen molar-refractivity contribution in [3.63, 3.8) is 0 Å². The lowest BCUT2D eigenvalue weighted by atomic mass is 10.1. The van der Waals surface area contributed by atoms with Crippen LogP contribution >= 0.6 is 15.9 Å². The summed E-state index contributed by atoms with van der Waals surface area (Å²) >= 11 is 3.06. The smallest absolute Gasteiger partial charge is 0.228 e. The second kappa shape index (κ2) is 6.71. The molecule has 3 nitrogen and oxygen atoms in total. The van der Waals surface area contributed by atoms with Crippen LogP contribution in [-0.2, 0) is 4.79 Å². The van der Waals surface area contributed by atoms with E-state index in [9.17, 15) is 9.18 Å². The predicted octanol–water partition coefficient (Wildman–Crippen LogP) is 2.77. The van der Waals surface area contributed by atoms with Crippen LogP contribution in [0.4, 0.5) is 10.1 Å². The van der Waals surface area contributed by atoms with Crippen LogP contribution in [0.2, 0.25) is 0 Å². The van der Waals surface area contributed by atoms with Crippen molar-refractivity contribution in [1.29, 1.82) is 0 Å². The second-order valence-corrected chi connectivity index (χ2v) is 4.68. The molecule has 0 aliphatic heterocycles. The van der Waals surface area contributed by atoms with Crippen LogP contribution in [-0.4, -0.2) is 19.0 Å². The molecule has 1 amide bonds. The first-order valence-corrected chi connectivity index (χ1v) is 6.30. The molecule has 0 bridgehead atoms. The first-order valence-electron chi connectivity index (χ1n) is 5.51. The Labute approximate surface area is 109 Å². The molecule has 2 N–H and O–H groups in total. The maximum Gasteiger partial charge on any atom is 0.228 e. The molecule has 0 fully saturated rings. The van der Waals surface area contributed by atoms with Crippen molar-refractivity contribution in [1.82, 2.24) is 5.32 Å². The lowest BCUT2D eigenvalue weighted by molar-refractivity contribution is -0.119. The van der Waals surface area contributed by atoms with Gasteiger partial charge in [0.2, 0.25) is 5.91 Å². The number of rotatable bonds is 5. The number of hydrogen-bond acceptors (Lipinski definition) is 2. The van der Waals surface area contributed by atoms with Crippen molar-refractivity contribution in [2.75, 3.05) is 18.4 Å². The van der Waals surface area contributed by atoms with E-state index in [-0.39, 0.29) is 17.6 Å². The summed E-state index contributed by atoms with van der Waals surface area (Å²) in [6.07, 6.45) is 0. The van der Waals surface area contributed by atoms with Crippen LogP contribution in [0.1, 0.15) is 13.8 Å². The Hall–Kier alpha value is -0.940. The summed E-state index contributed by atoms with van der Waals surface area (Å²) in [5.74, 6) is -0.656. The van der Waals surface area contributed by atoms with Gasteiger partial charge >= 0.3 is 0 Å². The Balaban J connectivity index is 2.58. The van der Waals surface area contributed by atoms with Crippen LogP contribution < -0.4 is 10.6 Å². The normalized spacial score (nSPS) is 12.2. The van der Waals surface area contributed by atoms with Gasteiger partial charge in [-0.15, -0.1) is 0 Å². The van der Waals surface area contributed by atoms with E-state index < -0.39 is 0 Å². The fourth-order valence-electron chi connectivity index (χ4n) is 1.29. The molecule has 0 aliphatic carbocycles. The van der Waals surface area contributed by atoms with Gasteiger partial charge in [0.05, 0.1) is 4.47 Å². The molecule has 1 aromatic rings.